The molecule has 0 spiro atoms. The summed E-state index contributed by atoms with van der Waals surface area (Å²) in [4.78, 5) is 19.2. The second-order valence-electron chi connectivity index (χ2n) is 9.25. The Hall–Kier alpha value is -4.01. The van der Waals surface area contributed by atoms with Crippen LogP contribution in [-0.2, 0) is 22.9 Å². The van der Waals surface area contributed by atoms with Crippen molar-refractivity contribution in [2.45, 2.75) is 24.2 Å². The number of carbonyl (C=O) groups is 1. The van der Waals surface area contributed by atoms with Crippen molar-refractivity contribution >= 4 is 38.1 Å². The molecule has 1 aromatic heterocycles. The lowest BCUT2D eigenvalue weighted by Gasteiger charge is -2.27. The van der Waals surface area contributed by atoms with E-state index in [9.17, 15) is 13.2 Å². The number of hydrogen-bond acceptors (Lipinski definition) is 5. The highest BCUT2D eigenvalue weighted by Crippen LogP contribution is 2.28. The number of primary sulfonamides is 1. The molecule has 0 fully saturated rings. The molecule has 0 saturated carbocycles. The Balaban J connectivity index is 1.21. The molecule has 4 aromatic rings. The Morgan fingerprint density at radius 2 is 1.73 bits per heavy atom. The van der Waals surface area contributed by atoms with Gasteiger partial charge in [0, 0.05) is 30.2 Å². The lowest BCUT2D eigenvalue weighted by atomic mass is 9.96. The highest BCUT2D eigenvalue weighted by molar-refractivity contribution is 7.89. The first-order chi connectivity index (χ1) is 17.8. The molecule has 1 aliphatic heterocycles. The van der Waals surface area contributed by atoms with Gasteiger partial charge in [0.2, 0.25) is 10.0 Å². The quantitative estimate of drug-likeness (QED) is 0.402. The molecule has 0 unspecified atom stereocenters. The van der Waals surface area contributed by atoms with E-state index in [4.69, 9.17) is 10.9 Å². The number of nitrogens with two attached hydrogens (primary N) is 2. The minimum atomic E-state index is -3.72. The van der Waals surface area contributed by atoms with E-state index in [-0.39, 0.29) is 10.8 Å². The van der Waals surface area contributed by atoms with Gasteiger partial charge in [-0.15, -0.1) is 0 Å². The molecule has 0 radical (unpaired) electrons. The fourth-order valence-electron chi connectivity index (χ4n) is 4.67. The highest BCUT2D eigenvalue weighted by Gasteiger charge is 2.19. The molecular weight excluding hydrogens is 484 g/mol. The molecule has 0 bridgehead atoms. The molecule has 2 heterocycles. The third kappa shape index (κ3) is 5.55. The fraction of sp³-hybridized carbons (Fsp3) is 0.172. The van der Waals surface area contributed by atoms with Crippen molar-refractivity contribution in [3.63, 3.8) is 0 Å². The van der Waals surface area contributed by atoms with Gasteiger partial charge in [0.25, 0.3) is 5.91 Å². The summed E-state index contributed by atoms with van der Waals surface area (Å²) in [6.45, 7) is 1.20. The molecule has 5 rings (SSSR count). The predicted molar refractivity (Wildman–Crippen MR) is 146 cm³/mol. The number of aryl methyl sites for hydroxylation is 2. The van der Waals surface area contributed by atoms with Gasteiger partial charge in [-0.1, -0.05) is 42.5 Å². The van der Waals surface area contributed by atoms with Gasteiger partial charge in [-0.25, -0.2) is 18.5 Å². The van der Waals surface area contributed by atoms with E-state index in [2.05, 4.69) is 29.3 Å². The largest absolute Gasteiger partial charge is 0.383 e. The van der Waals surface area contributed by atoms with Crippen molar-refractivity contribution in [1.82, 2.24) is 9.88 Å². The SMILES string of the molecule is Nc1nccc2ccc(C3=CCN(C(=O)c4ccc(CCc5cccc(S(N)(=O)=O)c5)cc4)CC3)cc12. The third-order valence-corrected chi connectivity index (χ3v) is 7.71. The van der Waals surface area contributed by atoms with Gasteiger partial charge in [-0.05, 0) is 83.3 Å². The molecule has 1 amide bonds. The number of hydrogen-bond donors (Lipinski definition) is 2. The smallest absolute Gasteiger partial charge is 0.254 e. The first kappa shape index (κ1) is 24.7. The van der Waals surface area contributed by atoms with Crippen molar-refractivity contribution in [2.75, 3.05) is 18.8 Å². The summed E-state index contributed by atoms with van der Waals surface area (Å²) in [7, 11) is -3.72. The number of nitrogens with zero attached hydrogens (tertiary/aromatic N) is 2. The average molecular weight is 513 g/mol. The van der Waals surface area contributed by atoms with Crippen LogP contribution in [0.15, 0.2) is 90.0 Å². The van der Waals surface area contributed by atoms with Gasteiger partial charge in [0.1, 0.15) is 5.82 Å². The molecule has 0 aliphatic carbocycles. The van der Waals surface area contributed by atoms with Crippen LogP contribution >= 0.6 is 0 Å². The van der Waals surface area contributed by atoms with Gasteiger partial charge >= 0.3 is 0 Å². The Morgan fingerprint density at radius 3 is 2.46 bits per heavy atom. The zero-order valence-corrected chi connectivity index (χ0v) is 21.1. The number of pyridine rings is 1. The van der Waals surface area contributed by atoms with E-state index >= 15 is 0 Å². The van der Waals surface area contributed by atoms with Crippen molar-refractivity contribution < 1.29 is 13.2 Å². The molecule has 0 saturated heterocycles. The van der Waals surface area contributed by atoms with E-state index in [0.29, 0.717) is 30.9 Å². The van der Waals surface area contributed by atoms with E-state index < -0.39 is 10.0 Å². The molecule has 4 N–H and O–H groups in total. The van der Waals surface area contributed by atoms with E-state index in [1.165, 1.54) is 11.6 Å². The van der Waals surface area contributed by atoms with Gasteiger partial charge in [-0.3, -0.25) is 4.79 Å². The van der Waals surface area contributed by atoms with Crippen molar-refractivity contribution in [3.05, 3.63) is 107 Å². The average Bonchev–Trinajstić information content (AvgIpc) is 2.92. The Kier molecular flexibility index (Phi) is 6.78. The number of aromatic nitrogens is 1. The monoisotopic (exact) mass is 512 g/mol. The van der Waals surface area contributed by atoms with Crippen LogP contribution in [0.3, 0.4) is 0 Å². The summed E-state index contributed by atoms with van der Waals surface area (Å²) in [5.41, 5.74) is 11.0. The first-order valence-corrected chi connectivity index (χ1v) is 13.7. The summed E-state index contributed by atoms with van der Waals surface area (Å²) in [5, 5.41) is 7.23. The molecule has 1 aliphatic rings. The van der Waals surface area contributed by atoms with Gasteiger partial charge in [0.15, 0.2) is 0 Å². The predicted octanol–water partition coefficient (Wildman–Crippen LogP) is 4.18. The molecule has 37 heavy (non-hydrogen) atoms. The molecule has 188 valence electrons. The number of benzene rings is 3. The zero-order chi connectivity index (χ0) is 26.0. The summed E-state index contributed by atoms with van der Waals surface area (Å²) >= 11 is 0. The number of fused-ring (bicyclic) bond motifs is 1. The van der Waals surface area contributed by atoms with Crippen LogP contribution in [0.1, 0.15) is 33.5 Å². The molecule has 0 atom stereocenters. The molecule has 7 nitrogen and oxygen atoms in total. The maximum atomic E-state index is 13.1. The van der Waals surface area contributed by atoms with Crippen molar-refractivity contribution in [3.8, 4) is 0 Å². The Morgan fingerprint density at radius 1 is 0.946 bits per heavy atom. The zero-order valence-electron chi connectivity index (χ0n) is 20.3. The molecule has 3 aromatic carbocycles. The van der Waals surface area contributed by atoms with Gasteiger partial charge < -0.3 is 10.6 Å². The maximum absolute atomic E-state index is 13.1. The number of anilines is 1. The minimum Gasteiger partial charge on any atom is -0.383 e. The lowest BCUT2D eigenvalue weighted by Crippen LogP contribution is -2.34. The fourth-order valence-corrected chi connectivity index (χ4v) is 5.25. The standard InChI is InChI=1S/C29H28N4O3S/c30-28-27-19-25(11-10-23(27)12-15-32-28)22-13-16-33(17-14-22)29(34)24-8-6-20(7-9-24)4-5-21-2-1-3-26(18-21)37(31,35)36/h1-3,6-13,15,18-19H,4-5,14,16-17H2,(H2,30,32)(H2,31,35,36). The van der Waals surface area contributed by atoms with Crippen LogP contribution in [0, 0.1) is 0 Å². The van der Waals surface area contributed by atoms with E-state index in [1.54, 1.807) is 18.3 Å². The van der Waals surface area contributed by atoms with Gasteiger partial charge in [-0.2, -0.15) is 0 Å². The van der Waals surface area contributed by atoms with E-state index in [1.807, 2.05) is 41.3 Å². The maximum Gasteiger partial charge on any atom is 0.254 e. The highest BCUT2D eigenvalue weighted by atomic mass is 32.2. The normalized spacial score (nSPS) is 14.0. The topological polar surface area (TPSA) is 119 Å². The summed E-state index contributed by atoms with van der Waals surface area (Å²) < 4.78 is 23.1. The number of rotatable bonds is 6. The van der Waals surface area contributed by atoms with Crippen LogP contribution in [0.4, 0.5) is 5.82 Å². The number of amides is 1. The number of carbonyl (C=O) groups excluding carboxylic acids is 1. The third-order valence-electron chi connectivity index (χ3n) is 6.79. The number of sulfonamides is 1. The number of nitrogen functional groups attached to an aromatic ring is 1. The second kappa shape index (κ2) is 10.2. The van der Waals surface area contributed by atoms with Crippen LogP contribution in [-0.4, -0.2) is 37.3 Å². The summed E-state index contributed by atoms with van der Waals surface area (Å²) in [5.74, 6) is 0.530. The van der Waals surface area contributed by atoms with Crippen LogP contribution in [0.25, 0.3) is 16.3 Å². The van der Waals surface area contributed by atoms with Gasteiger partial charge in [0.05, 0.1) is 4.90 Å². The molecular formula is C29H28N4O3S. The second-order valence-corrected chi connectivity index (χ2v) is 10.8. The van der Waals surface area contributed by atoms with Crippen LogP contribution in [0.5, 0.6) is 0 Å². The lowest BCUT2D eigenvalue weighted by molar-refractivity contribution is 0.0773. The van der Waals surface area contributed by atoms with E-state index in [0.717, 1.165) is 40.3 Å². The van der Waals surface area contributed by atoms with Crippen molar-refractivity contribution in [1.29, 1.82) is 0 Å². The molecule has 8 heteroatoms. The minimum absolute atomic E-state index is 0.00894. The first-order valence-electron chi connectivity index (χ1n) is 12.1. The Bertz CT molecular complexity index is 1610. The Labute approximate surface area is 216 Å². The summed E-state index contributed by atoms with van der Waals surface area (Å²) in [6, 6.07) is 22.5. The van der Waals surface area contributed by atoms with Crippen LogP contribution < -0.4 is 10.9 Å². The van der Waals surface area contributed by atoms with Crippen LogP contribution in [0.2, 0.25) is 0 Å². The van der Waals surface area contributed by atoms with Crippen molar-refractivity contribution in [2.24, 2.45) is 5.14 Å². The summed E-state index contributed by atoms with van der Waals surface area (Å²) in [6.07, 6.45) is 5.99.